The SMILES string of the molecule is CCN(CC1CCN(CC(F)(F)c2cccc(F)c2)CC1)C(=O)OC(C)(C)C.CCNCC1CCN(CC(F)(F)c2cccc(F)c2)CC1.O=CC(F)(F)F. The Hall–Kier alpha value is -3.37. The van der Waals surface area contributed by atoms with Crippen LogP contribution < -0.4 is 5.32 Å². The lowest BCUT2D eigenvalue weighted by atomic mass is 9.95. The third-order valence-electron chi connectivity index (χ3n) is 9.08. The summed E-state index contributed by atoms with van der Waals surface area (Å²) in [7, 11) is 0. The molecule has 16 heteroatoms. The molecule has 2 aromatic carbocycles. The minimum atomic E-state index is -4.64. The Kier molecular flexibility index (Phi) is 18.9. The van der Waals surface area contributed by atoms with Gasteiger partial charge in [-0.15, -0.1) is 0 Å². The van der Waals surface area contributed by atoms with Gasteiger partial charge < -0.3 is 15.0 Å². The maximum atomic E-state index is 14.5. The molecule has 0 bridgehead atoms. The van der Waals surface area contributed by atoms with Gasteiger partial charge in [0.2, 0.25) is 6.29 Å². The van der Waals surface area contributed by atoms with Crippen LogP contribution in [0.4, 0.5) is 44.3 Å². The summed E-state index contributed by atoms with van der Waals surface area (Å²) >= 11 is 0. The number of alkyl halides is 7. The topological polar surface area (TPSA) is 65.1 Å². The van der Waals surface area contributed by atoms with Gasteiger partial charge in [-0.05, 0) is 129 Å². The van der Waals surface area contributed by atoms with Crippen LogP contribution in [0.2, 0.25) is 0 Å². The number of rotatable bonds is 12. The van der Waals surface area contributed by atoms with Gasteiger partial charge in [-0.25, -0.2) is 13.6 Å². The minimum Gasteiger partial charge on any atom is -0.444 e. The molecule has 312 valence electrons. The Bertz CT molecular complexity index is 1440. The number of carbonyl (C=O) groups excluding carboxylic acids is 2. The Morgan fingerprint density at radius 3 is 1.55 bits per heavy atom. The molecule has 2 aliphatic heterocycles. The van der Waals surface area contributed by atoms with Gasteiger partial charge in [-0.3, -0.25) is 14.6 Å². The molecule has 1 N–H and O–H groups in total. The molecule has 0 aliphatic carbocycles. The average Bonchev–Trinajstić information content (AvgIpc) is 3.10. The van der Waals surface area contributed by atoms with Crippen molar-refractivity contribution in [2.75, 3.05) is 65.4 Å². The van der Waals surface area contributed by atoms with Crippen molar-refractivity contribution in [1.29, 1.82) is 0 Å². The maximum absolute atomic E-state index is 14.5. The summed E-state index contributed by atoms with van der Waals surface area (Å²) in [4.78, 5) is 26.1. The highest BCUT2D eigenvalue weighted by Crippen LogP contribution is 2.32. The monoisotopic (exact) mass is 798 g/mol. The number of ether oxygens (including phenoxy) is 1. The Morgan fingerprint density at radius 1 is 0.782 bits per heavy atom. The van der Waals surface area contributed by atoms with Gasteiger partial charge in [-0.1, -0.05) is 31.2 Å². The van der Waals surface area contributed by atoms with E-state index in [1.54, 1.807) is 14.7 Å². The average molecular weight is 799 g/mol. The highest BCUT2D eigenvalue weighted by Gasteiger charge is 2.37. The molecule has 0 unspecified atom stereocenters. The first-order valence-corrected chi connectivity index (χ1v) is 18.5. The van der Waals surface area contributed by atoms with E-state index >= 15 is 0 Å². The van der Waals surface area contributed by atoms with Crippen LogP contribution in [-0.2, 0) is 21.4 Å². The lowest BCUT2D eigenvalue weighted by Gasteiger charge is -2.36. The number of nitrogens with zero attached hydrogens (tertiary/aromatic N) is 3. The Morgan fingerprint density at radius 2 is 1.20 bits per heavy atom. The number of halogens is 9. The number of aldehydes is 1. The standard InChI is InChI=1S/C21H31F3N2O2.C16H23F3N2.C2HF3O/c1-5-26(19(27)28-20(2,3)4)14-16-9-11-25(12-10-16)15-21(23,24)17-7-6-8-18(22)13-17;1-2-20-11-13-6-8-21(9-7-13)12-16(18,19)14-4-3-5-15(17)10-14;3-2(4,5)1-6/h6-8,13,16H,5,9-12,14-15H2,1-4H3;3-5,10,13,20H,2,6-9,11-12H2,1H3;1H. The van der Waals surface area contributed by atoms with E-state index in [2.05, 4.69) is 12.2 Å². The summed E-state index contributed by atoms with van der Waals surface area (Å²) in [6.45, 7) is 14.1. The zero-order valence-corrected chi connectivity index (χ0v) is 32.2. The fourth-order valence-corrected chi connectivity index (χ4v) is 6.17. The highest BCUT2D eigenvalue weighted by atomic mass is 19.4. The molecule has 2 saturated heterocycles. The van der Waals surface area contributed by atoms with Crippen LogP contribution in [0.25, 0.3) is 0 Å². The largest absolute Gasteiger partial charge is 0.446 e. The molecule has 0 spiro atoms. The zero-order chi connectivity index (χ0) is 41.5. The van der Waals surface area contributed by atoms with Crippen LogP contribution in [0.15, 0.2) is 48.5 Å². The van der Waals surface area contributed by atoms with Gasteiger partial charge in [0.25, 0.3) is 11.8 Å². The number of amides is 1. The number of hydrogen-bond acceptors (Lipinski definition) is 6. The molecule has 0 atom stereocenters. The molecule has 2 aromatic rings. The van der Waals surface area contributed by atoms with E-state index in [1.807, 2.05) is 27.7 Å². The lowest BCUT2D eigenvalue weighted by Crippen LogP contribution is -2.44. The molecule has 1 amide bonds. The zero-order valence-electron chi connectivity index (χ0n) is 32.2. The van der Waals surface area contributed by atoms with Crippen LogP contribution >= 0.6 is 0 Å². The van der Waals surface area contributed by atoms with Crippen LogP contribution in [0.3, 0.4) is 0 Å². The third kappa shape index (κ3) is 18.4. The van der Waals surface area contributed by atoms with Crippen molar-refractivity contribution in [3.63, 3.8) is 0 Å². The number of hydrogen-bond donors (Lipinski definition) is 1. The number of piperidine rings is 2. The van der Waals surface area contributed by atoms with E-state index in [0.29, 0.717) is 45.2 Å². The Labute approximate surface area is 318 Å². The van der Waals surface area contributed by atoms with E-state index in [-0.39, 0.29) is 29.7 Å². The number of likely N-dealkylation sites (tertiary alicyclic amines) is 2. The van der Waals surface area contributed by atoms with Gasteiger partial charge in [0.15, 0.2) is 0 Å². The van der Waals surface area contributed by atoms with E-state index in [4.69, 9.17) is 9.53 Å². The first-order valence-electron chi connectivity index (χ1n) is 18.5. The fraction of sp³-hybridized carbons (Fsp3) is 0.641. The van der Waals surface area contributed by atoms with E-state index < -0.39 is 48.1 Å². The van der Waals surface area contributed by atoms with Crippen LogP contribution in [0.1, 0.15) is 71.4 Å². The quantitative estimate of drug-likeness (QED) is 0.171. The summed E-state index contributed by atoms with van der Waals surface area (Å²) in [5.74, 6) is -6.54. The van der Waals surface area contributed by atoms with Gasteiger partial charge in [0.1, 0.15) is 17.2 Å². The molecule has 2 fully saturated rings. The summed E-state index contributed by atoms with van der Waals surface area (Å²) in [6.07, 6.45) is -2.70. The molecule has 0 aromatic heterocycles. The molecule has 0 saturated carbocycles. The normalized spacial score (nSPS) is 16.7. The predicted molar refractivity (Wildman–Crippen MR) is 193 cm³/mol. The second-order valence-corrected chi connectivity index (χ2v) is 14.9. The number of nitrogens with one attached hydrogen (secondary N) is 1. The summed E-state index contributed by atoms with van der Waals surface area (Å²) in [5.41, 5.74) is -1.08. The van der Waals surface area contributed by atoms with Crippen molar-refractivity contribution < 1.29 is 53.8 Å². The van der Waals surface area contributed by atoms with E-state index in [9.17, 15) is 44.3 Å². The first-order chi connectivity index (χ1) is 25.6. The molecule has 7 nitrogen and oxygen atoms in total. The van der Waals surface area contributed by atoms with Gasteiger partial charge in [-0.2, -0.15) is 30.7 Å². The predicted octanol–water partition coefficient (Wildman–Crippen LogP) is 8.87. The molecule has 2 aliphatic rings. The number of benzene rings is 2. The van der Waals surface area contributed by atoms with Crippen molar-refractivity contribution in [2.24, 2.45) is 11.8 Å². The van der Waals surface area contributed by atoms with Crippen LogP contribution in [-0.4, -0.2) is 104 Å². The van der Waals surface area contributed by atoms with Gasteiger partial charge in [0, 0.05) is 24.2 Å². The minimum absolute atomic E-state index is 0.239. The molecular weight excluding hydrogens is 743 g/mol. The van der Waals surface area contributed by atoms with Crippen molar-refractivity contribution in [1.82, 2.24) is 20.0 Å². The summed E-state index contributed by atoms with van der Waals surface area (Å²) < 4.78 is 120. The molecule has 0 radical (unpaired) electrons. The van der Waals surface area contributed by atoms with Gasteiger partial charge in [0.05, 0.1) is 13.1 Å². The van der Waals surface area contributed by atoms with Crippen LogP contribution in [0.5, 0.6) is 0 Å². The maximum Gasteiger partial charge on any atom is 0.446 e. The first kappa shape index (κ1) is 47.8. The van der Waals surface area contributed by atoms with Crippen LogP contribution in [0, 0.1) is 23.5 Å². The van der Waals surface area contributed by atoms with E-state index in [0.717, 1.165) is 57.0 Å². The van der Waals surface area contributed by atoms with Crippen molar-refractivity contribution in [2.45, 2.75) is 83.9 Å². The van der Waals surface area contributed by atoms with E-state index in [1.165, 1.54) is 30.3 Å². The lowest BCUT2D eigenvalue weighted by molar-refractivity contribution is -0.156. The summed E-state index contributed by atoms with van der Waals surface area (Å²) in [5, 5.41) is 3.30. The van der Waals surface area contributed by atoms with Crippen molar-refractivity contribution in [3.05, 3.63) is 71.3 Å². The highest BCUT2D eigenvalue weighted by molar-refractivity contribution is 5.68. The molecule has 55 heavy (non-hydrogen) atoms. The third-order valence-corrected chi connectivity index (χ3v) is 9.08. The van der Waals surface area contributed by atoms with Crippen molar-refractivity contribution >= 4 is 12.4 Å². The molecule has 4 rings (SSSR count). The molecule has 2 heterocycles. The second-order valence-electron chi connectivity index (χ2n) is 14.9. The smallest absolute Gasteiger partial charge is 0.444 e. The summed E-state index contributed by atoms with van der Waals surface area (Å²) in [6, 6.07) is 9.37. The van der Waals surface area contributed by atoms with Crippen molar-refractivity contribution in [3.8, 4) is 0 Å². The Balaban J connectivity index is 0.000000340. The molecular formula is C39H55F9N4O3. The second kappa shape index (κ2) is 21.8. The number of carbonyl (C=O) groups is 2. The van der Waals surface area contributed by atoms with Gasteiger partial charge >= 0.3 is 12.3 Å². The fourth-order valence-electron chi connectivity index (χ4n) is 6.17.